The Morgan fingerprint density at radius 3 is 2.61 bits per heavy atom. The van der Waals surface area contributed by atoms with Crippen molar-refractivity contribution >= 4 is 0 Å². The summed E-state index contributed by atoms with van der Waals surface area (Å²) in [5, 5.41) is 3.34. The minimum atomic E-state index is 0.0586. The molecule has 0 fully saturated rings. The monoisotopic (exact) mass is 255 g/mol. The molecule has 1 heterocycles. The average Bonchev–Trinajstić information content (AvgIpc) is 2.42. The van der Waals surface area contributed by atoms with Gasteiger partial charge in [-0.1, -0.05) is 6.92 Å². The van der Waals surface area contributed by atoms with Gasteiger partial charge in [0.25, 0.3) is 0 Å². The van der Waals surface area contributed by atoms with Gasteiger partial charge in [0.2, 0.25) is 11.8 Å². The van der Waals surface area contributed by atoms with Crippen molar-refractivity contribution in [2.45, 2.75) is 19.4 Å². The summed E-state index contributed by atoms with van der Waals surface area (Å²) in [6.07, 6.45) is 2.40. The second-order valence-corrected chi connectivity index (χ2v) is 3.70. The van der Waals surface area contributed by atoms with E-state index in [0.717, 1.165) is 18.7 Å². The van der Waals surface area contributed by atoms with Gasteiger partial charge < -0.3 is 19.5 Å². The lowest BCUT2D eigenvalue weighted by atomic mass is 10.1. The number of hydrogen-bond donors (Lipinski definition) is 1. The van der Waals surface area contributed by atoms with E-state index in [1.54, 1.807) is 27.5 Å². The van der Waals surface area contributed by atoms with Gasteiger partial charge in [0.15, 0.2) is 0 Å². The van der Waals surface area contributed by atoms with Crippen LogP contribution in [0.3, 0.4) is 0 Å². The Hall–Kier alpha value is -1.40. The van der Waals surface area contributed by atoms with Crippen LogP contribution in [0.4, 0.5) is 0 Å². The zero-order valence-electron chi connectivity index (χ0n) is 11.4. The van der Waals surface area contributed by atoms with Crippen LogP contribution in [0.5, 0.6) is 11.8 Å². The number of hydrogen-bond acceptors (Lipinski definition) is 6. The molecule has 1 aromatic heterocycles. The van der Waals surface area contributed by atoms with E-state index < -0.39 is 0 Å². The molecule has 6 nitrogen and oxygen atoms in total. The Morgan fingerprint density at radius 2 is 2.06 bits per heavy atom. The summed E-state index contributed by atoms with van der Waals surface area (Å²) in [6, 6.07) is 0.0586. The molecule has 0 spiro atoms. The Bertz CT molecular complexity index is 360. The van der Waals surface area contributed by atoms with Crippen LogP contribution < -0.4 is 14.8 Å². The molecule has 6 heteroatoms. The standard InChI is InChI=1S/C12H21N3O3/c1-5-13-9(6-7-16-2)11-12(18-4)15-10(17-3)8-14-11/h8-9,13H,5-7H2,1-4H3. The smallest absolute Gasteiger partial charge is 0.240 e. The van der Waals surface area contributed by atoms with Gasteiger partial charge in [0, 0.05) is 13.7 Å². The van der Waals surface area contributed by atoms with E-state index in [4.69, 9.17) is 14.2 Å². The largest absolute Gasteiger partial charge is 0.480 e. The van der Waals surface area contributed by atoms with E-state index in [2.05, 4.69) is 15.3 Å². The van der Waals surface area contributed by atoms with E-state index in [9.17, 15) is 0 Å². The first-order valence-corrected chi connectivity index (χ1v) is 5.94. The fraction of sp³-hybridized carbons (Fsp3) is 0.667. The summed E-state index contributed by atoms with van der Waals surface area (Å²) >= 11 is 0. The summed E-state index contributed by atoms with van der Waals surface area (Å²) in [6.45, 7) is 3.53. The third kappa shape index (κ3) is 3.82. The minimum Gasteiger partial charge on any atom is -0.480 e. The second-order valence-electron chi connectivity index (χ2n) is 3.70. The maximum absolute atomic E-state index is 5.26. The number of methoxy groups -OCH3 is 3. The molecule has 1 aromatic rings. The highest BCUT2D eigenvalue weighted by Gasteiger charge is 2.18. The van der Waals surface area contributed by atoms with Gasteiger partial charge in [-0.2, -0.15) is 4.98 Å². The van der Waals surface area contributed by atoms with Crippen molar-refractivity contribution in [3.63, 3.8) is 0 Å². The molecule has 1 N–H and O–H groups in total. The van der Waals surface area contributed by atoms with Gasteiger partial charge >= 0.3 is 0 Å². The van der Waals surface area contributed by atoms with Gasteiger partial charge in [0.05, 0.1) is 26.5 Å². The van der Waals surface area contributed by atoms with E-state index in [1.807, 2.05) is 6.92 Å². The van der Waals surface area contributed by atoms with Crippen LogP contribution in [0.25, 0.3) is 0 Å². The first-order valence-electron chi connectivity index (χ1n) is 5.94. The number of nitrogens with one attached hydrogen (secondary N) is 1. The highest BCUT2D eigenvalue weighted by Crippen LogP contribution is 2.25. The SMILES string of the molecule is CCNC(CCOC)c1ncc(OC)nc1OC. The predicted molar refractivity (Wildman–Crippen MR) is 68.0 cm³/mol. The molecule has 0 amide bonds. The van der Waals surface area contributed by atoms with Crippen molar-refractivity contribution in [1.82, 2.24) is 15.3 Å². The molecule has 0 aliphatic heterocycles. The van der Waals surface area contributed by atoms with Crippen molar-refractivity contribution in [3.05, 3.63) is 11.9 Å². The second kappa shape index (κ2) is 7.84. The molecule has 0 saturated heterocycles. The first-order chi connectivity index (χ1) is 8.76. The third-order valence-electron chi connectivity index (χ3n) is 2.54. The van der Waals surface area contributed by atoms with Crippen LogP contribution in [0, 0.1) is 0 Å². The Balaban J connectivity index is 2.94. The van der Waals surface area contributed by atoms with Gasteiger partial charge in [-0.25, -0.2) is 4.98 Å². The van der Waals surface area contributed by atoms with Gasteiger partial charge in [0.1, 0.15) is 5.69 Å². The zero-order chi connectivity index (χ0) is 13.4. The Kier molecular flexibility index (Phi) is 6.38. The maximum Gasteiger partial charge on any atom is 0.240 e. The zero-order valence-corrected chi connectivity index (χ0v) is 11.4. The van der Waals surface area contributed by atoms with Crippen molar-refractivity contribution in [1.29, 1.82) is 0 Å². The normalized spacial score (nSPS) is 12.2. The highest BCUT2D eigenvalue weighted by molar-refractivity contribution is 5.25. The molecule has 0 aromatic carbocycles. The topological polar surface area (TPSA) is 65.5 Å². The molecule has 0 aliphatic carbocycles. The lowest BCUT2D eigenvalue weighted by Crippen LogP contribution is -2.24. The fourth-order valence-corrected chi connectivity index (χ4v) is 1.67. The van der Waals surface area contributed by atoms with Crippen LogP contribution in [0.15, 0.2) is 6.20 Å². The van der Waals surface area contributed by atoms with Crippen molar-refractivity contribution < 1.29 is 14.2 Å². The molecule has 0 aliphatic rings. The van der Waals surface area contributed by atoms with Gasteiger partial charge in [-0.05, 0) is 13.0 Å². The molecule has 0 bridgehead atoms. The quantitative estimate of drug-likeness (QED) is 0.752. The number of nitrogens with zero attached hydrogens (tertiary/aromatic N) is 2. The summed E-state index contributed by atoms with van der Waals surface area (Å²) < 4.78 is 15.4. The highest BCUT2D eigenvalue weighted by atomic mass is 16.5. The third-order valence-corrected chi connectivity index (χ3v) is 2.54. The van der Waals surface area contributed by atoms with Crippen LogP contribution in [-0.2, 0) is 4.74 Å². The number of aromatic nitrogens is 2. The van der Waals surface area contributed by atoms with Crippen LogP contribution in [-0.4, -0.2) is 44.4 Å². The van der Waals surface area contributed by atoms with Crippen molar-refractivity contribution in [2.24, 2.45) is 0 Å². The van der Waals surface area contributed by atoms with Gasteiger partial charge in [-0.15, -0.1) is 0 Å². The lowest BCUT2D eigenvalue weighted by Gasteiger charge is -2.18. The van der Waals surface area contributed by atoms with Crippen LogP contribution in [0.1, 0.15) is 25.1 Å². The predicted octanol–water partition coefficient (Wildman–Crippen LogP) is 1.18. The molecule has 0 radical (unpaired) electrons. The molecular formula is C12H21N3O3. The average molecular weight is 255 g/mol. The molecule has 1 rings (SSSR count). The molecular weight excluding hydrogens is 234 g/mol. The van der Waals surface area contributed by atoms with E-state index in [-0.39, 0.29) is 6.04 Å². The fourth-order valence-electron chi connectivity index (χ4n) is 1.67. The molecule has 102 valence electrons. The van der Waals surface area contributed by atoms with E-state index in [1.165, 1.54) is 0 Å². The summed E-state index contributed by atoms with van der Waals surface area (Å²) in [7, 11) is 4.81. The number of rotatable bonds is 8. The van der Waals surface area contributed by atoms with Crippen molar-refractivity contribution in [2.75, 3.05) is 34.5 Å². The summed E-state index contributed by atoms with van der Waals surface area (Å²) in [5.41, 5.74) is 0.775. The van der Waals surface area contributed by atoms with Crippen molar-refractivity contribution in [3.8, 4) is 11.8 Å². The molecule has 1 atom stereocenters. The molecule has 0 saturated carbocycles. The molecule has 18 heavy (non-hydrogen) atoms. The first kappa shape index (κ1) is 14.7. The minimum absolute atomic E-state index is 0.0586. The van der Waals surface area contributed by atoms with E-state index >= 15 is 0 Å². The molecule has 1 unspecified atom stereocenters. The lowest BCUT2D eigenvalue weighted by molar-refractivity contribution is 0.181. The Morgan fingerprint density at radius 1 is 1.28 bits per heavy atom. The summed E-state index contributed by atoms with van der Waals surface area (Å²) in [4.78, 5) is 8.59. The van der Waals surface area contributed by atoms with E-state index in [0.29, 0.717) is 18.4 Å². The summed E-state index contributed by atoms with van der Waals surface area (Å²) in [5.74, 6) is 0.925. The van der Waals surface area contributed by atoms with Gasteiger partial charge in [-0.3, -0.25) is 0 Å². The Labute approximate surface area is 108 Å². The number of ether oxygens (including phenoxy) is 3. The maximum atomic E-state index is 5.26. The van der Waals surface area contributed by atoms with Crippen LogP contribution in [0.2, 0.25) is 0 Å². The van der Waals surface area contributed by atoms with Crippen LogP contribution >= 0.6 is 0 Å².